The zero-order chi connectivity index (χ0) is 21.6. The summed E-state index contributed by atoms with van der Waals surface area (Å²) < 4.78 is 5.83. The summed E-state index contributed by atoms with van der Waals surface area (Å²) in [4.78, 5) is 30.6. The Kier molecular flexibility index (Phi) is 5.66. The fourth-order valence-electron chi connectivity index (χ4n) is 7.07. The van der Waals surface area contributed by atoms with Crippen LogP contribution in [0, 0.1) is 23.2 Å². The molecule has 5 aliphatic rings. The summed E-state index contributed by atoms with van der Waals surface area (Å²) in [5, 5.41) is 0.641. The van der Waals surface area contributed by atoms with Gasteiger partial charge in [-0.1, -0.05) is 11.6 Å². The molecule has 31 heavy (non-hydrogen) atoms. The van der Waals surface area contributed by atoms with Gasteiger partial charge < -0.3 is 14.5 Å². The van der Waals surface area contributed by atoms with Crippen LogP contribution >= 0.6 is 11.6 Å². The van der Waals surface area contributed by atoms with Crippen molar-refractivity contribution in [2.45, 2.75) is 58.0 Å². The van der Waals surface area contributed by atoms with Crippen molar-refractivity contribution >= 4 is 23.4 Å². The number of benzene rings is 1. The van der Waals surface area contributed by atoms with Crippen LogP contribution in [0.2, 0.25) is 5.02 Å². The van der Waals surface area contributed by atoms with Gasteiger partial charge in [-0.25, -0.2) is 0 Å². The van der Waals surface area contributed by atoms with Crippen LogP contribution in [0.25, 0.3) is 0 Å². The van der Waals surface area contributed by atoms with Crippen molar-refractivity contribution in [3.05, 3.63) is 29.3 Å². The van der Waals surface area contributed by atoms with Crippen LogP contribution in [0.1, 0.15) is 51.9 Å². The zero-order valence-electron chi connectivity index (χ0n) is 18.4. The first-order valence-corrected chi connectivity index (χ1v) is 12.3. The smallest absolute Gasteiger partial charge is 0.263 e. The fourth-order valence-corrected chi connectivity index (χ4v) is 7.20. The molecule has 0 radical (unpaired) electrons. The Bertz CT molecular complexity index is 804. The predicted molar refractivity (Wildman–Crippen MR) is 120 cm³/mol. The summed E-state index contributed by atoms with van der Waals surface area (Å²) in [5.41, 5.74) is -0.0983. The van der Waals surface area contributed by atoms with Gasteiger partial charge in [0.1, 0.15) is 5.75 Å². The second-order valence-corrected chi connectivity index (χ2v) is 10.8. The lowest BCUT2D eigenvalue weighted by molar-refractivity contribution is -0.157. The second kappa shape index (κ2) is 8.31. The minimum absolute atomic E-state index is 0.0148. The van der Waals surface area contributed by atoms with Crippen molar-refractivity contribution < 1.29 is 14.3 Å². The lowest BCUT2D eigenvalue weighted by Gasteiger charge is -2.56. The van der Waals surface area contributed by atoms with Crippen molar-refractivity contribution in [2.24, 2.45) is 23.2 Å². The molecular weight excluding hydrogens is 412 g/mol. The first-order valence-electron chi connectivity index (χ1n) is 11.9. The highest BCUT2D eigenvalue weighted by Gasteiger charge is 2.55. The van der Waals surface area contributed by atoms with E-state index in [-0.39, 0.29) is 11.3 Å². The number of nitrogens with zero attached hydrogens (tertiary/aromatic N) is 2. The third-order valence-electron chi connectivity index (χ3n) is 8.06. The molecule has 5 fully saturated rings. The molecule has 0 spiro atoms. The van der Waals surface area contributed by atoms with E-state index >= 15 is 0 Å². The van der Waals surface area contributed by atoms with Crippen molar-refractivity contribution in [3.63, 3.8) is 0 Å². The van der Waals surface area contributed by atoms with E-state index in [1.165, 1.54) is 19.3 Å². The van der Waals surface area contributed by atoms with Gasteiger partial charge in [-0.05, 0) is 93.9 Å². The summed E-state index contributed by atoms with van der Waals surface area (Å²) >= 11 is 5.93. The Morgan fingerprint density at radius 2 is 1.48 bits per heavy atom. The van der Waals surface area contributed by atoms with Crippen LogP contribution in [0.4, 0.5) is 0 Å². The monoisotopic (exact) mass is 444 g/mol. The maximum atomic E-state index is 13.7. The molecule has 4 bridgehead atoms. The molecule has 2 amide bonds. The van der Waals surface area contributed by atoms with E-state index < -0.39 is 6.10 Å². The average molecular weight is 445 g/mol. The molecule has 168 valence electrons. The van der Waals surface area contributed by atoms with Crippen LogP contribution in [0.3, 0.4) is 0 Å². The summed E-state index contributed by atoms with van der Waals surface area (Å²) in [6.07, 6.45) is 7.61. The van der Waals surface area contributed by atoms with E-state index in [1.54, 1.807) is 31.2 Å². The highest BCUT2D eigenvalue weighted by atomic mass is 35.5. The largest absolute Gasteiger partial charge is 0.481 e. The van der Waals surface area contributed by atoms with Gasteiger partial charge in [0.05, 0.1) is 5.41 Å². The van der Waals surface area contributed by atoms with Crippen LogP contribution < -0.4 is 4.74 Å². The van der Waals surface area contributed by atoms with Crippen molar-refractivity contribution in [3.8, 4) is 5.75 Å². The highest BCUT2D eigenvalue weighted by molar-refractivity contribution is 6.30. The van der Waals surface area contributed by atoms with Crippen LogP contribution in [-0.4, -0.2) is 53.9 Å². The van der Waals surface area contributed by atoms with Gasteiger partial charge in [0.2, 0.25) is 5.91 Å². The molecule has 4 aliphatic carbocycles. The maximum Gasteiger partial charge on any atom is 0.263 e. The molecule has 6 rings (SSSR count). The molecule has 1 unspecified atom stereocenters. The predicted octanol–water partition coefficient (Wildman–Crippen LogP) is 4.38. The number of amides is 2. The van der Waals surface area contributed by atoms with Gasteiger partial charge in [-0.15, -0.1) is 0 Å². The van der Waals surface area contributed by atoms with E-state index in [1.807, 2.05) is 4.90 Å². The number of carbonyl (C=O) groups is 2. The number of ether oxygens (including phenoxy) is 1. The zero-order valence-corrected chi connectivity index (χ0v) is 19.2. The number of hydrogen-bond acceptors (Lipinski definition) is 3. The third-order valence-corrected chi connectivity index (χ3v) is 8.31. The average Bonchev–Trinajstić information content (AvgIpc) is 2.99. The molecule has 1 aromatic rings. The molecule has 0 aromatic heterocycles. The molecule has 5 nitrogen and oxygen atoms in total. The number of hydrogen-bond donors (Lipinski definition) is 0. The normalized spacial score (nSPS) is 33.2. The quantitative estimate of drug-likeness (QED) is 0.692. The van der Waals surface area contributed by atoms with E-state index in [2.05, 4.69) is 4.90 Å². The summed E-state index contributed by atoms with van der Waals surface area (Å²) in [6.45, 7) is 4.46. The van der Waals surface area contributed by atoms with Gasteiger partial charge in [-0.3, -0.25) is 9.59 Å². The molecule has 6 heteroatoms. The Balaban J connectivity index is 1.19. The topological polar surface area (TPSA) is 49.9 Å². The Morgan fingerprint density at radius 3 is 2.10 bits per heavy atom. The van der Waals surface area contributed by atoms with E-state index in [9.17, 15) is 9.59 Å². The molecule has 4 saturated carbocycles. The van der Waals surface area contributed by atoms with Crippen molar-refractivity contribution in [2.75, 3.05) is 26.2 Å². The Hall–Kier alpha value is -1.75. The van der Waals surface area contributed by atoms with E-state index in [0.717, 1.165) is 50.0 Å². The molecule has 1 aromatic carbocycles. The van der Waals surface area contributed by atoms with Gasteiger partial charge in [0, 0.05) is 31.2 Å². The summed E-state index contributed by atoms with van der Waals surface area (Å²) in [6, 6.07) is 7.07. The maximum absolute atomic E-state index is 13.7. The SMILES string of the molecule is CC(Oc1ccc(Cl)cc1)C(=O)N1CCCN(C(=O)C23CC4CC(CC(C4)C2)C3)CC1. The molecular formula is C25H33ClN2O3. The van der Waals surface area contributed by atoms with Gasteiger partial charge in [0.15, 0.2) is 6.10 Å². The number of halogens is 1. The Morgan fingerprint density at radius 1 is 0.935 bits per heavy atom. The van der Waals surface area contributed by atoms with E-state index in [4.69, 9.17) is 16.3 Å². The lowest BCUT2D eigenvalue weighted by Crippen LogP contribution is -2.55. The lowest BCUT2D eigenvalue weighted by atomic mass is 9.49. The van der Waals surface area contributed by atoms with Gasteiger partial charge in [0.25, 0.3) is 5.91 Å². The minimum Gasteiger partial charge on any atom is -0.481 e. The third kappa shape index (κ3) is 4.18. The summed E-state index contributed by atoms with van der Waals surface area (Å²) in [5.74, 6) is 3.31. The van der Waals surface area contributed by atoms with Crippen LogP contribution in [0.15, 0.2) is 24.3 Å². The number of carbonyl (C=O) groups excluding carboxylic acids is 2. The number of rotatable bonds is 4. The molecule has 1 saturated heterocycles. The van der Waals surface area contributed by atoms with Crippen LogP contribution in [-0.2, 0) is 9.59 Å². The van der Waals surface area contributed by atoms with Gasteiger partial charge in [-0.2, -0.15) is 0 Å². The first kappa shape index (κ1) is 21.1. The fraction of sp³-hybridized carbons (Fsp3) is 0.680. The Labute approximate surface area is 190 Å². The summed E-state index contributed by atoms with van der Waals surface area (Å²) in [7, 11) is 0. The van der Waals surface area contributed by atoms with Crippen LogP contribution in [0.5, 0.6) is 5.75 Å². The molecule has 1 heterocycles. The van der Waals surface area contributed by atoms with Gasteiger partial charge >= 0.3 is 0 Å². The minimum atomic E-state index is -0.563. The standard InChI is InChI=1S/C25H33ClN2O3/c1-17(31-22-5-3-21(26)4-6-22)23(29)27-7-2-8-28(10-9-27)24(30)25-14-18-11-19(15-25)13-20(12-18)16-25/h3-6,17-20H,2,7-16H2,1H3. The molecule has 1 atom stereocenters. The molecule has 1 aliphatic heterocycles. The molecule has 0 N–H and O–H groups in total. The first-order chi connectivity index (χ1) is 14.9. The van der Waals surface area contributed by atoms with E-state index in [0.29, 0.717) is 36.3 Å². The van der Waals surface area contributed by atoms with Crippen molar-refractivity contribution in [1.29, 1.82) is 0 Å². The van der Waals surface area contributed by atoms with Crippen molar-refractivity contribution in [1.82, 2.24) is 9.80 Å². The second-order valence-electron chi connectivity index (χ2n) is 10.4. The highest BCUT2D eigenvalue weighted by Crippen LogP contribution is 2.60.